The lowest BCUT2D eigenvalue weighted by Crippen LogP contribution is -2.51. The Labute approximate surface area is 159 Å². The van der Waals surface area contributed by atoms with E-state index in [4.69, 9.17) is 11.5 Å². The largest absolute Gasteiger partial charge is 0.370 e. The first-order valence-corrected chi connectivity index (χ1v) is 8.56. The van der Waals surface area contributed by atoms with E-state index < -0.39 is 11.4 Å². The van der Waals surface area contributed by atoms with Gasteiger partial charge in [0.25, 0.3) is 5.91 Å². The number of benzene rings is 1. The first-order chi connectivity index (χ1) is 11.8. The Balaban J connectivity index is 0.00000338. The first kappa shape index (κ1) is 21.9. The van der Waals surface area contributed by atoms with Crippen LogP contribution in [0.15, 0.2) is 24.3 Å². The van der Waals surface area contributed by atoms with Gasteiger partial charge in [-0.1, -0.05) is 18.9 Å². The van der Waals surface area contributed by atoms with Crippen LogP contribution in [0.25, 0.3) is 0 Å². The topological polar surface area (TPSA) is 127 Å². The summed E-state index contributed by atoms with van der Waals surface area (Å²) in [4.78, 5) is 35.3. The summed E-state index contributed by atoms with van der Waals surface area (Å²) < 4.78 is 0. The second-order valence-corrected chi connectivity index (χ2v) is 6.85. The molecule has 3 amide bonds. The molecule has 0 heterocycles. The van der Waals surface area contributed by atoms with Crippen LogP contribution in [0.4, 0.5) is 5.69 Å². The van der Waals surface area contributed by atoms with Gasteiger partial charge >= 0.3 is 0 Å². The number of primary amides is 1. The fraction of sp³-hybridized carbons (Fsp3) is 0.500. The summed E-state index contributed by atoms with van der Waals surface area (Å²) in [5.41, 5.74) is 11.8. The van der Waals surface area contributed by atoms with E-state index in [2.05, 4.69) is 10.6 Å². The Kier molecular flexibility index (Phi) is 8.05. The number of carbonyl (C=O) groups excluding carboxylic acids is 3. The van der Waals surface area contributed by atoms with E-state index in [0.29, 0.717) is 11.3 Å². The number of anilines is 1. The van der Waals surface area contributed by atoms with Crippen molar-refractivity contribution < 1.29 is 14.4 Å². The van der Waals surface area contributed by atoms with Gasteiger partial charge in [0.1, 0.15) is 0 Å². The molecule has 1 aromatic rings. The highest BCUT2D eigenvalue weighted by molar-refractivity contribution is 5.98. The molecule has 8 heteroatoms. The average Bonchev–Trinajstić information content (AvgIpc) is 2.54. The Bertz CT molecular complexity index is 664. The van der Waals surface area contributed by atoms with Crippen LogP contribution in [0.5, 0.6) is 0 Å². The maximum Gasteiger partial charge on any atom is 0.251 e. The average molecular weight is 383 g/mol. The van der Waals surface area contributed by atoms with Gasteiger partial charge in [-0.15, -0.1) is 12.4 Å². The molecule has 26 heavy (non-hydrogen) atoms. The number of amides is 3. The minimum Gasteiger partial charge on any atom is -0.370 e. The third-order valence-electron chi connectivity index (χ3n) is 4.62. The van der Waals surface area contributed by atoms with Gasteiger partial charge < -0.3 is 22.1 Å². The maximum absolute atomic E-state index is 12.6. The number of halogens is 1. The molecule has 0 bridgehead atoms. The molecular formula is C18H27ClN4O3. The SMILES string of the molecule is CC1(N)CCCCC1C(=O)Nc1cccc(C(=O)NCCC(N)=O)c1.Cl. The number of carbonyl (C=O) groups is 3. The molecule has 0 radical (unpaired) electrons. The zero-order valence-electron chi connectivity index (χ0n) is 14.9. The van der Waals surface area contributed by atoms with Gasteiger partial charge in [-0.3, -0.25) is 14.4 Å². The second-order valence-electron chi connectivity index (χ2n) is 6.85. The van der Waals surface area contributed by atoms with Gasteiger partial charge in [0.15, 0.2) is 0 Å². The van der Waals surface area contributed by atoms with Gasteiger partial charge in [-0.05, 0) is 38.0 Å². The molecule has 2 rings (SSSR count). The van der Waals surface area contributed by atoms with Gasteiger partial charge in [0.2, 0.25) is 11.8 Å². The monoisotopic (exact) mass is 382 g/mol. The quantitative estimate of drug-likeness (QED) is 0.595. The number of nitrogens with one attached hydrogen (secondary N) is 2. The Hall–Kier alpha value is -2.12. The standard InChI is InChI=1S/C18H26N4O3.ClH/c1-18(20)9-3-2-7-14(18)17(25)22-13-6-4-5-12(11-13)16(24)21-10-8-15(19)23;/h4-6,11,14H,2-3,7-10,20H2,1H3,(H2,19,23)(H,21,24)(H,22,25);1H. The number of nitrogens with two attached hydrogens (primary N) is 2. The molecule has 0 aliphatic heterocycles. The number of hydrogen-bond donors (Lipinski definition) is 4. The molecule has 1 saturated carbocycles. The van der Waals surface area contributed by atoms with Crippen LogP contribution in [-0.4, -0.2) is 29.8 Å². The van der Waals surface area contributed by atoms with Crippen molar-refractivity contribution in [2.45, 2.75) is 44.6 Å². The van der Waals surface area contributed by atoms with Crippen LogP contribution in [0, 0.1) is 5.92 Å². The van der Waals surface area contributed by atoms with Crippen molar-refractivity contribution in [3.63, 3.8) is 0 Å². The molecule has 0 spiro atoms. The number of rotatable bonds is 6. The summed E-state index contributed by atoms with van der Waals surface area (Å²) in [7, 11) is 0. The van der Waals surface area contributed by atoms with Crippen molar-refractivity contribution >= 4 is 35.8 Å². The Morgan fingerprint density at radius 3 is 2.65 bits per heavy atom. The van der Waals surface area contributed by atoms with E-state index in [1.807, 2.05) is 6.92 Å². The summed E-state index contributed by atoms with van der Waals surface area (Å²) in [5, 5.41) is 5.48. The fourth-order valence-electron chi connectivity index (χ4n) is 3.16. The Morgan fingerprint density at radius 2 is 2.00 bits per heavy atom. The van der Waals surface area contributed by atoms with Crippen molar-refractivity contribution in [2.75, 3.05) is 11.9 Å². The van der Waals surface area contributed by atoms with Crippen molar-refractivity contribution in [2.24, 2.45) is 17.4 Å². The molecule has 0 aromatic heterocycles. The minimum absolute atomic E-state index is 0. The van der Waals surface area contributed by atoms with Crippen LogP contribution >= 0.6 is 12.4 Å². The van der Waals surface area contributed by atoms with Gasteiger partial charge in [-0.2, -0.15) is 0 Å². The molecular weight excluding hydrogens is 356 g/mol. The van der Waals surface area contributed by atoms with Crippen LogP contribution in [0.3, 0.4) is 0 Å². The summed E-state index contributed by atoms with van der Waals surface area (Å²) in [6, 6.07) is 6.67. The lowest BCUT2D eigenvalue weighted by molar-refractivity contribution is -0.123. The first-order valence-electron chi connectivity index (χ1n) is 8.56. The van der Waals surface area contributed by atoms with E-state index in [9.17, 15) is 14.4 Å². The van der Waals surface area contributed by atoms with Crippen LogP contribution in [0.2, 0.25) is 0 Å². The second kappa shape index (κ2) is 9.54. The van der Waals surface area contributed by atoms with Crippen LogP contribution in [-0.2, 0) is 9.59 Å². The summed E-state index contributed by atoms with van der Waals surface area (Å²) in [5.74, 6) is -1.15. The van der Waals surface area contributed by atoms with Gasteiger partial charge in [0, 0.05) is 29.8 Å². The molecule has 144 valence electrons. The molecule has 7 nitrogen and oxygen atoms in total. The summed E-state index contributed by atoms with van der Waals surface area (Å²) in [6.45, 7) is 2.09. The fourth-order valence-corrected chi connectivity index (χ4v) is 3.16. The molecule has 1 fully saturated rings. The predicted molar refractivity (Wildman–Crippen MR) is 103 cm³/mol. The molecule has 6 N–H and O–H groups in total. The zero-order valence-corrected chi connectivity index (χ0v) is 15.7. The van der Waals surface area contributed by atoms with E-state index in [1.54, 1.807) is 24.3 Å². The summed E-state index contributed by atoms with van der Waals surface area (Å²) in [6.07, 6.45) is 3.71. The van der Waals surface area contributed by atoms with E-state index in [-0.39, 0.29) is 43.1 Å². The lowest BCUT2D eigenvalue weighted by atomic mass is 9.74. The molecule has 1 aliphatic rings. The molecule has 2 unspecified atom stereocenters. The van der Waals surface area contributed by atoms with Crippen LogP contribution in [0.1, 0.15) is 49.4 Å². The van der Waals surface area contributed by atoms with Gasteiger partial charge in [0.05, 0.1) is 5.92 Å². The normalized spacial score (nSPS) is 22.0. The van der Waals surface area contributed by atoms with Crippen molar-refractivity contribution in [1.29, 1.82) is 0 Å². The highest BCUT2D eigenvalue weighted by Gasteiger charge is 2.37. The van der Waals surface area contributed by atoms with E-state index in [1.165, 1.54) is 0 Å². The van der Waals surface area contributed by atoms with E-state index >= 15 is 0 Å². The summed E-state index contributed by atoms with van der Waals surface area (Å²) >= 11 is 0. The molecule has 1 aromatic carbocycles. The van der Waals surface area contributed by atoms with E-state index in [0.717, 1.165) is 25.7 Å². The molecule has 0 saturated heterocycles. The third-order valence-corrected chi connectivity index (χ3v) is 4.62. The van der Waals surface area contributed by atoms with Crippen molar-refractivity contribution in [3.05, 3.63) is 29.8 Å². The maximum atomic E-state index is 12.6. The highest BCUT2D eigenvalue weighted by atomic mass is 35.5. The van der Waals surface area contributed by atoms with Crippen molar-refractivity contribution in [3.8, 4) is 0 Å². The zero-order chi connectivity index (χ0) is 18.4. The molecule has 1 aliphatic carbocycles. The number of hydrogen-bond acceptors (Lipinski definition) is 4. The minimum atomic E-state index is -0.508. The van der Waals surface area contributed by atoms with Gasteiger partial charge in [-0.25, -0.2) is 0 Å². The van der Waals surface area contributed by atoms with Crippen LogP contribution < -0.4 is 22.1 Å². The smallest absolute Gasteiger partial charge is 0.251 e. The highest BCUT2D eigenvalue weighted by Crippen LogP contribution is 2.32. The van der Waals surface area contributed by atoms with Crippen molar-refractivity contribution in [1.82, 2.24) is 5.32 Å². The molecule has 2 atom stereocenters. The lowest BCUT2D eigenvalue weighted by Gasteiger charge is -2.37. The third kappa shape index (κ3) is 6.00. The predicted octanol–water partition coefficient (Wildman–Crippen LogP) is 1.56. The Morgan fingerprint density at radius 1 is 1.27 bits per heavy atom.